The molecule has 1 amide bonds. The van der Waals surface area contributed by atoms with Gasteiger partial charge in [0.25, 0.3) is 0 Å². The van der Waals surface area contributed by atoms with Crippen molar-refractivity contribution in [1.29, 1.82) is 0 Å². The predicted molar refractivity (Wildman–Crippen MR) is 158 cm³/mol. The van der Waals surface area contributed by atoms with Gasteiger partial charge in [-0.2, -0.15) is 0 Å². The molecule has 0 aliphatic carbocycles. The number of halogens is 1. The number of rotatable bonds is 13. The quantitative estimate of drug-likeness (QED) is 0.139. The molecule has 2 aromatic carbocycles. The van der Waals surface area contributed by atoms with Gasteiger partial charge in [0, 0.05) is 24.2 Å². The second-order valence-corrected chi connectivity index (χ2v) is 10.5. The summed E-state index contributed by atoms with van der Waals surface area (Å²) in [5.41, 5.74) is 4.12. The van der Waals surface area contributed by atoms with E-state index in [4.69, 9.17) is 35.5 Å². The van der Waals surface area contributed by atoms with Crippen molar-refractivity contribution in [3.63, 3.8) is 0 Å². The molecule has 0 aliphatic heterocycles. The Hall–Kier alpha value is -3.75. The molecule has 4 rings (SSSR count). The molecule has 0 spiro atoms. The van der Waals surface area contributed by atoms with E-state index in [0.717, 1.165) is 46.9 Å². The van der Waals surface area contributed by atoms with Crippen LogP contribution in [0.4, 0.5) is 5.69 Å². The van der Waals surface area contributed by atoms with E-state index in [1.807, 2.05) is 48.7 Å². The highest BCUT2D eigenvalue weighted by Gasteiger charge is 2.37. The Bertz CT molecular complexity index is 1490. The minimum atomic E-state index is -0.0521. The standard InChI is InChI=1S/C31H37ClN3O5/c1-21(2)14-16-35(20-36,26-11-13-28(39-5)31(40-6)30(26)32)19-24-25(34-15-8-7-9-29(34)33-24)18-22-17-23(37-3)10-12-27(22)38-4/h7-13,15,17,20-21H,14,16,18-19H2,1-6H3/q+1. The van der Waals surface area contributed by atoms with E-state index in [0.29, 0.717) is 47.6 Å². The third-order valence-electron chi connectivity index (χ3n) is 7.24. The first kappa shape index (κ1) is 29.2. The van der Waals surface area contributed by atoms with E-state index in [1.54, 1.807) is 34.5 Å². The van der Waals surface area contributed by atoms with Gasteiger partial charge in [0.15, 0.2) is 17.2 Å². The Morgan fingerprint density at radius 1 is 0.975 bits per heavy atom. The molecule has 0 aliphatic rings. The number of methoxy groups -OCH3 is 4. The Balaban J connectivity index is 1.90. The average molecular weight is 567 g/mol. The molecule has 0 saturated heterocycles. The maximum absolute atomic E-state index is 13.2. The van der Waals surface area contributed by atoms with Crippen LogP contribution in [0.3, 0.4) is 0 Å². The lowest BCUT2D eigenvalue weighted by molar-refractivity contribution is -0.118. The lowest BCUT2D eigenvalue weighted by Crippen LogP contribution is -2.49. The molecule has 1 unspecified atom stereocenters. The fourth-order valence-corrected chi connectivity index (χ4v) is 5.42. The van der Waals surface area contributed by atoms with Crippen LogP contribution in [-0.4, -0.2) is 50.8 Å². The van der Waals surface area contributed by atoms with Crippen LogP contribution in [-0.2, 0) is 17.8 Å². The van der Waals surface area contributed by atoms with E-state index in [2.05, 4.69) is 18.2 Å². The first-order valence-corrected chi connectivity index (χ1v) is 13.6. The van der Waals surface area contributed by atoms with Gasteiger partial charge in [-0.15, -0.1) is 0 Å². The van der Waals surface area contributed by atoms with Gasteiger partial charge >= 0.3 is 6.41 Å². The number of fused-ring (bicyclic) bond motifs is 1. The summed E-state index contributed by atoms with van der Waals surface area (Å²) in [7, 11) is 6.39. The second-order valence-electron chi connectivity index (χ2n) is 10.1. The number of pyridine rings is 1. The third kappa shape index (κ3) is 5.74. The average Bonchev–Trinajstić information content (AvgIpc) is 3.31. The highest BCUT2D eigenvalue weighted by molar-refractivity contribution is 6.35. The molecule has 40 heavy (non-hydrogen) atoms. The van der Waals surface area contributed by atoms with Crippen LogP contribution in [0.1, 0.15) is 37.2 Å². The zero-order valence-electron chi connectivity index (χ0n) is 23.9. The number of carbonyl (C=O) groups is 1. The van der Waals surface area contributed by atoms with E-state index < -0.39 is 0 Å². The van der Waals surface area contributed by atoms with Gasteiger partial charge in [0.05, 0.1) is 40.7 Å². The molecule has 2 heterocycles. The first-order valence-electron chi connectivity index (χ1n) is 13.2. The number of imidazole rings is 1. The van der Waals surface area contributed by atoms with Gasteiger partial charge in [-0.3, -0.25) is 0 Å². The number of nitrogens with zero attached hydrogens (tertiary/aromatic N) is 3. The van der Waals surface area contributed by atoms with Crippen molar-refractivity contribution in [2.75, 3.05) is 35.0 Å². The molecule has 0 saturated carbocycles. The van der Waals surface area contributed by atoms with E-state index >= 15 is 0 Å². The van der Waals surface area contributed by atoms with Crippen LogP contribution < -0.4 is 23.4 Å². The van der Waals surface area contributed by atoms with Crippen LogP contribution in [0, 0.1) is 5.92 Å². The number of aromatic nitrogens is 2. The molecule has 0 fully saturated rings. The zero-order valence-corrected chi connectivity index (χ0v) is 24.7. The van der Waals surface area contributed by atoms with Gasteiger partial charge in [0.1, 0.15) is 34.4 Å². The Morgan fingerprint density at radius 3 is 2.38 bits per heavy atom. The predicted octanol–water partition coefficient (Wildman–Crippen LogP) is 6.32. The van der Waals surface area contributed by atoms with Crippen molar-refractivity contribution in [1.82, 2.24) is 13.9 Å². The number of hydrogen-bond acceptors (Lipinski definition) is 6. The summed E-state index contributed by atoms with van der Waals surface area (Å²) < 4.78 is 24.2. The van der Waals surface area contributed by atoms with Crippen molar-refractivity contribution in [3.05, 3.63) is 76.7 Å². The summed E-state index contributed by atoms with van der Waals surface area (Å²) in [6, 6.07) is 15.3. The van der Waals surface area contributed by atoms with Gasteiger partial charge in [-0.05, 0) is 48.7 Å². The highest BCUT2D eigenvalue weighted by atomic mass is 35.5. The van der Waals surface area contributed by atoms with Gasteiger partial charge in [-0.25, -0.2) is 14.3 Å². The number of carbonyl (C=O) groups excluding carboxylic acids is 1. The third-order valence-corrected chi connectivity index (χ3v) is 7.61. The summed E-state index contributed by atoms with van der Waals surface area (Å²) in [6.07, 6.45) is 4.27. The smallest absolute Gasteiger partial charge is 0.306 e. The molecule has 0 bridgehead atoms. The lowest BCUT2D eigenvalue weighted by Gasteiger charge is -2.33. The number of benzene rings is 2. The first-order chi connectivity index (χ1) is 19.3. The van der Waals surface area contributed by atoms with Crippen LogP contribution in [0.25, 0.3) is 5.65 Å². The second kappa shape index (κ2) is 12.6. The summed E-state index contributed by atoms with van der Waals surface area (Å²) in [4.78, 5) is 18.2. The van der Waals surface area contributed by atoms with Crippen LogP contribution >= 0.6 is 11.6 Å². The van der Waals surface area contributed by atoms with E-state index in [1.165, 1.54) is 0 Å². The maximum atomic E-state index is 13.2. The van der Waals surface area contributed by atoms with Gasteiger partial charge in [0.2, 0.25) is 0 Å². The van der Waals surface area contributed by atoms with Crippen LogP contribution in [0.15, 0.2) is 54.7 Å². The topological polar surface area (TPSA) is 71.3 Å². The molecular weight excluding hydrogens is 530 g/mol. The largest absolute Gasteiger partial charge is 0.497 e. The maximum Gasteiger partial charge on any atom is 0.306 e. The Morgan fingerprint density at radius 2 is 1.73 bits per heavy atom. The summed E-state index contributed by atoms with van der Waals surface area (Å²) in [5, 5.41) is 0.345. The normalized spacial score (nSPS) is 12.8. The molecule has 9 heteroatoms. The summed E-state index contributed by atoms with van der Waals surface area (Å²) >= 11 is 6.92. The van der Waals surface area contributed by atoms with Crippen molar-refractivity contribution < 1.29 is 23.7 Å². The number of quaternary nitrogens is 1. The van der Waals surface area contributed by atoms with E-state index in [9.17, 15) is 4.79 Å². The lowest BCUT2D eigenvalue weighted by atomic mass is 10.0. The molecule has 8 nitrogen and oxygen atoms in total. The number of amides is 1. The molecule has 4 aromatic rings. The molecule has 1 atom stereocenters. The van der Waals surface area contributed by atoms with Gasteiger partial charge in [-0.1, -0.05) is 31.5 Å². The minimum absolute atomic E-state index is 0.0521. The Labute approximate surface area is 240 Å². The van der Waals surface area contributed by atoms with Crippen molar-refractivity contribution in [3.8, 4) is 23.0 Å². The van der Waals surface area contributed by atoms with Crippen LogP contribution in [0.5, 0.6) is 23.0 Å². The number of ether oxygens (including phenoxy) is 4. The van der Waals surface area contributed by atoms with Crippen molar-refractivity contribution >= 4 is 29.3 Å². The van der Waals surface area contributed by atoms with Crippen molar-refractivity contribution in [2.45, 2.75) is 33.2 Å². The molecule has 212 valence electrons. The molecule has 0 N–H and O–H groups in total. The molecule has 0 radical (unpaired) electrons. The summed E-state index contributed by atoms with van der Waals surface area (Å²) in [6.45, 7) is 5.11. The Kier molecular flexibility index (Phi) is 9.22. The monoisotopic (exact) mass is 566 g/mol. The molecular formula is C31H37ClN3O5+. The van der Waals surface area contributed by atoms with E-state index in [-0.39, 0.29) is 4.48 Å². The molecule has 2 aromatic heterocycles. The fraction of sp³-hybridized carbons (Fsp3) is 0.355. The highest BCUT2D eigenvalue weighted by Crippen LogP contribution is 2.44. The SMILES string of the molecule is COc1ccc(OC)c(Cc2c(C[N+](C=O)(CCC(C)C)c3ccc(OC)c(OC)c3Cl)nc3ccccn23)c1. The minimum Gasteiger partial charge on any atom is -0.497 e. The van der Waals surface area contributed by atoms with Crippen LogP contribution in [0.2, 0.25) is 5.02 Å². The van der Waals surface area contributed by atoms with Gasteiger partial charge < -0.3 is 23.3 Å². The number of hydrogen-bond donors (Lipinski definition) is 0. The van der Waals surface area contributed by atoms with Crippen molar-refractivity contribution in [2.24, 2.45) is 5.92 Å². The fourth-order valence-electron chi connectivity index (χ4n) is 5.02. The zero-order chi connectivity index (χ0) is 28.9. The summed E-state index contributed by atoms with van der Waals surface area (Å²) in [5.74, 6) is 2.75.